The molecule has 1 saturated heterocycles. The predicted molar refractivity (Wildman–Crippen MR) is 120 cm³/mol. The van der Waals surface area contributed by atoms with E-state index in [2.05, 4.69) is 27.3 Å². The van der Waals surface area contributed by atoms with Gasteiger partial charge in [0.1, 0.15) is 5.60 Å². The lowest BCUT2D eigenvalue weighted by molar-refractivity contribution is 0.0137. The van der Waals surface area contributed by atoms with Crippen LogP contribution in [0.2, 0.25) is 0 Å². The molecule has 0 saturated carbocycles. The van der Waals surface area contributed by atoms with E-state index in [1.165, 1.54) is 11.1 Å². The third-order valence-electron chi connectivity index (χ3n) is 4.71. The fraction of sp³-hybridized carbons (Fsp3) is 0.600. The van der Waals surface area contributed by atoms with Crippen molar-refractivity contribution in [1.82, 2.24) is 15.1 Å². The van der Waals surface area contributed by atoms with Crippen molar-refractivity contribution in [2.45, 2.75) is 45.6 Å². The molecule has 0 spiro atoms. The van der Waals surface area contributed by atoms with Crippen LogP contribution in [0.3, 0.4) is 0 Å². The van der Waals surface area contributed by atoms with Gasteiger partial charge in [0.15, 0.2) is 5.96 Å². The first-order valence-electron chi connectivity index (χ1n) is 9.46. The summed E-state index contributed by atoms with van der Waals surface area (Å²) < 4.78 is 10.8. The zero-order valence-electron chi connectivity index (χ0n) is 17.1. The van der Waals surface area contributed by atoms with Crippen molar-refractivity contribution in [3.63, 3.8) is 0 Å². The zero-order valence-corrected chi connectivity index (χ0v) is 19.4. The van der Waals surface area contributed by atoms with E-state index in [1.807, 2.05) is 32.9 Å². The third-order valence-corrected chi connectivity index (χ3v) is 4.71. The highest BCUT2D eigenvalue weighted by Crippen LogP contribution is 2.19. The lowest BCUT2D eigenvalue weighted by Gasteiger charge is -2.39. The Labute approximate surface area is 184 Å². The topological polar surface area (TPSA) is 66.4 Å². The molecule has 1 amide bonds. The van der Waals surface area contributed by atoms with E-state index in [-0.39, 0.29) is 36.1 Å². The normalized spacial score (nSPS) is 18.9. The lowest BCUT2D eigenvalue weighted by Crippen LogP contribution is -2.57. The number of amides is 1. The van der Waals surface area contributed by atoms with Crippen molar-refractivity contribution in [2.75, 3.05) is 33.3 Å². The van der Waals surface area contributed by atoms with Gasteiger partial charge in [-0.05, 0) is 31.9 Å². The van der Waals surface area contributed by atoms with Crippen LogP contribution in [0.4, 0.5) is 4.79 Å². The highest BCUT2D eigenvalue weighted by atomic mass is 127. The summed E-state index contributed by atoms with van der Waals surface area (Å²) in [5, 5.41) is 3.46. The van der Waals surface area contributed by atoms with Crippen molar-refractivity contribution >= 4 is 36.0 Å². The number of halogens is 1. The average molecular weight is 502 g/mol. The van der Waals surface area contributed by atoms with Crippen LogP contribution < -0.4 is 5.32 Å². The molecule has 0 bridgehead atoms. The Kier molecular flexibility index (Phi) is 7.94. The number of aliphatic imine (C=N–C) groups is 1. The first kappa shape index (κ1) is 22.7. The van der Waals surface area contributed by atoms with Crippen LogP contribution >= 0.6 is 24.0 Å². The number of nitrogens with zero attached hydrogens (tertiary/aromatic N) is 3. The van der Waals surface area contributed by atoms with Gasteiger partial charge < -0.3 is 24.6 Å². The van der Waals surface area contributed by atoms with E-state index in [0.29, 0.717) is 32.8 Å². The maximum atomic E-state index is 12.3. The number of hydrogen-bond acceptors (Lipinski definition) is 6. The summed E-state index contributed by atoms with van der Waals surface area (Å²) in [5.74, 6) is 0.913. The van der Waals surface area contributed by atoms with E-state index < -0.39 is 5.60 Å². The number of hydrogen-bond donors (Lipinski definition) is 1. The SMILES string of the molecule is COCc1ccccc1CNC1=NCC2CN(C(=O)OC(C)(C)C)CCN12.I. The summed E-state index contributed by atoms with van der Waals surface area (Å²) in [4.78, 5) is 21.0. The Bertz CT molecular complexity index is 705. The lowest BCUT2D eigenvalue weighted by atomic mass is 10.1. The van der Waals surface area contributed by atoms with Crippen LogP contribution in [0, 0.1) is 0 Å². The van der Waals surface area contributed by atoms with Crippen LogP contribution in [0.5, 0.6) is 0 Å². The number of nitrogens with one attached hydrogen (secondary N) is 1. The van der Waals surface area contributed by atoms with Crippen LogP contribution in [-0.2, 0) is 22.6 Å². The molecule has 2 aliphatic heterocycles. The molecule has 0 radical (unpaired) electrons. The molecule has 28 heavy (non-hydrogen) atoms. The Hall–Kier alpha value is -1.55. The molecule has 2 heterocycles. The summed E-state index contributed by atoms with van der Waals surface area (Å²) in [5.41, 5.74) is 1.91. The number of benzene rings is 1. The zero-order chi connectivity index (χ0) is 19.4. The molecule has 1 aromatic rings. The minimum Gasteiger partial charge on any atom is -0.444 e. The van der Waals surface area contributed by atoms with Gasteiger partial charge in [-0.25, -0.2) is 4.79 Å². The van der Waals surface area contributed by atoms with Crippen LogP contribution in [0.15, 0.2) is 29.3 Å². The number of carbonyl (C=O) groups is 1. The van der Waals surface area contributed by atoms with Crippen molar-refractivity contribution < 1.29 is 14.3 Å². The van der Waals surface area contributed by atoms with Crippen LogP contribution in [0.25, 0.3) is 0 Å². The Balaban J connectivity index is 0.00000280. The molecule has 7 nitrogen and oxygen atoms in total. The third kappa shape index (κ3) is 5.73. The van der Waals surface area contributed by atoms with Gasteiger partial charge in [0, 0.05) is 33.3 Å². The first-order chi connectivity index (χ1) is 12.9. The highest BCUT2D eigenvalue weighted by molar-refractivity contribution is 14.0. The number of rotatable bonds is 4. The summed E-state index contributed by atoms with van der Waals surface area (Å²) in [6.45, 7) is 9.72. The summed E-state index contributed by atoms with van der Waals surface area (Å²) in [6, 6.07) is 8.46. The molecular weight excluding hydrogens is 471 g/mol. The summed E-state index contributed by atoms with van der Waals surface area (Å²) >= 11 is 0. The molecule has 0 aromatic heterocycles. The van der Waals surface area contributed by atoms with E-state index in [9.17, 15) is 4.79 Å². The average Bonchev–Trinajstić information content (AvgIpc) is 3.02. The minimum absolute atomic E-state index is 0. The molecule has 1 aromatic carbocycles. The maximum absolute atomic E-state index is 12.3. The molecule has 2 aliphatic rings. The Morgan fingerprint density at radius 2 is 1.96 bits per heavy atom. The van der Waals surface area contributed by atoms with Gasteiger partial charge in [0.05, 0.1) is 19.2 Å². The van der Waals surface area contributed by atoms with E-state index in [1.54, 1.807) is 12.0 Å². The molecule has 156 valence electrons. The van der Waals surface area contributed by atoms with Crippen molar-refractivity contribution in [1.29, 1.82) is 0 Å². The number of ether oxygens (including phenoxy) is 2. The summed E-state index contributed by atoms with van der Waals surface area (Å²) in [6.07, 6.45) is -0.239. The molecular formula is C20H31IN4O3. The quantitative estimate of drug-likeness (QED) is 0.642. The first-order valence-corrected chi connectivity index (χ1v) is 9.46. The van der Waals surface area contributed by atoms with Crippen LogP contribution in [-0.4, -0.2) is 66.8 Å². The number of guanidine groups is 1. The molecule has 1 atom stereocenters. The van der Waals surface area contributed by atoms with Crippen molar-refractivity contribution in [3.05, 3.63) is 35.4 Å². The molecule has 8 heteroatoms. The number of piperazine rings is 1. The molecule has 1 fully saturated rings. The van der Waals surface area contributed by atoms with Crippen LogP contribution in [0.1, 0.15) is 31.9 Å². The smallest absolute Gasteiger partial charge is 0.410 e. The van der Waals surface area contributed by atoms with Gasteiger partial charge in [0.2, 0.25) is 0 Å². The standard InChI is InChI=1S/C20H30N4O3.HI/c1-20(2,3)27-19(25)23-9-10-24-17(13-23)12-22-18(24)21-11-15-7-5-6-8-16(15)14-26-4;/h5-8,17H,9-14H2,1-4H3,(H,21,22);1H. The molecule has 3 rings (SSSR count). The van der Waals surface area contributed by atoms with Gasteiger partial charge in [0.25, 0.3) is 0 Å². The monoisotopic (exact) mass is 502 g/mol. The largest absolute Gasteiger partial charge is 0.444 e. The van der Waals surface area contributed by atoms with Gasteiger partial charge in [-0.15, -0.1) is 24.0 Å². The van der Waals surface area contributed by atoms with Gasteiger partial charge in [-0.2, -0.15) is 0 Å². The number of methoxy groups -OCH3 is 1. The molecule has 0 aliphatic carbocycles. The second-order valence-corrected chi connectivity index (χ2v) is 7.99. The van der Waals surface area contributed by atoms with Crippen molar-refractivity contribution in [3.8, 4) is 0 Å². The second kappa shape index (κ2) is 9.78. The fourth-order valence-electron chi connectivity index (χ4n) is 3.42. The number of fused-ring (bicyclic) bond motifs is 1. The Morgan fingerprint density at radius 3 is 2.64 bits per heavy atom. The maximum Gasteiger partial charge on any atom is 0.410 e. The molecule has 1 unspecified atom stereocenters. The molecule has 1 N–H and O–H groups in total. The fourth-order valence-corrected chi connectivity index (χ4v) is 3.42. The highest BCUT2D eigenvalue weighted by Gasteiger charge is 2.36. The second-order valence-electron chi connectivity index (χ2n) is 7.99. The number of carbonyl (C=O) groups excluding carboxylic acids is 1. The van der Waals surface area contributed by atoms with E-state index in [0.717, 1.165) is 12.5 Å². The van der Waals surface area contributed by atoms with Gasteiger partial charge in [-0.3, -0.25) is 4.99 Å². The Morgan fingerprint density at radius 1 is 1.25 bits per heavy atom. The van der Waals surface area contributed by atoms with Gasteiger partial charge >= 0.3 is 6.09 Å². The van der Waals surface area contributed by atoms with E-state index in [4.69, 9.17) is 9.47 Å². The van der Waals surface area contributed by atoms with Crippen molar-refractivity contribution in [2.24, 2.45) is 4.99 Å². The van der Waals surface area contributed by atoms with Gasteiger partial charge in [-0.1, -0.05) is 24.3 Å². The minimum atomic E-state index is -0.470. The predicted octanol–water partition coefficient (Wildman–Crippen LogP) is 2.83. The summed E-state index contributed by atoms with van der Waals surface area (Å²) in [7, 11) is 1.71. The van der Waals surface area contributed by atoms with E-state index >= 15 is 0 Å².